The van der Waals surface area contributed by atoms with Gasteiger partial charge in [-0.05, 0) is 44.4 Å². The molecule has 0 saturated heterocycles. The van der Waals surface area contributed by atoms with Crippen LogP contribution in [0.25, 0.3) is 0 Å². The zero-order chi connectivity index (χ0) is 19.0. The average molecular weight is 402 g/mol. The molecule has 1 unspecified atom stereocenters. The Bertz CT molecular complexity index is 619. The van der Waals surface area contributed by atoms with Crippen LogP contribution >= 0.6 is 19.2 Å². The fourth-order valence-electron chi connectivity index (χ4n) is 3.14. The van der Waals surface area contributed by atoms with E-state index in [1.54, 1.807) is 27.2 Å². The second-order valence-corrected chi connectivity index (χ2v) is 9.23. The fourth-order valence-corrected chi connectivity index (χ4v) is 5.31. The molecule has 1 aliphatic carbocycles. The lowest BCUT2D eigenvalue weighted by molar-refractivity contribution is 0.212. The molecular weight excluding hydrogens is 373 g/mol. The number of nitrogens with zero attached hydrogens (tertiary/aromatic N) is 1. The Labute approximate surface area is 161 Å². The molecule has 0 aliphatic heterocycles. The van der Waals surface area contributed by atoms with Crippen LogP contribution in [-0.2, 0) is 13.6 Å². The number of hydrogen-bond acceptors (Lipinski definition) is 5. The van der Waals surface area contributed by atoms with Crippen LogP contribution in [0.3, 0.4) is 0 Å². The van der Waals surface area contributed by atoms with Gasteiger partial charge in [-0.1, -0.05) is 31.4 Å². The number of rotatable bonds is 9. The van der Waals surface area contributed by atoms with Crippen molar-refractivity contribution in [3.63, 3.8) is 0 Å². The van der Waals surface area contributed by atoms with Gasteiger partial charge in [-0.15, -0.1) is 11.6 Å². The molecule has 0 heterocycles. The Hall–Kier alpha value is -0.870. The first-order valence-corrected chi connectivity index (χ1v) is 11.2. The monoisotopic (exact) mass is 401 g/mol. The van der Waals surface area contributed by atoms with Gasteiger partial charge in [0.15, 0.2) is 5.78 Å². The molecule has 0 amide bonds. The predicted octanol–water partition coefficient (Wildman–Crippen LogP) is 5.97. The van der Waals surface area contributed by atoms with E-state index in [1.165, 1.54) is 6.42 Å². The third-order valence-corrected chi connectivity index (χ3v) is 7.21. The van der Waals surface area contributed by atoms with Crippen LogP contribution in [0.1, 0.15) is 57.3 Å². The lowest BCUT2D eigenvalue weighted by Crippen LogP contribution is -2.26. The second-order valence-electron chi connectivity index (χ2n) is 6.40. The van der Waals surface area contributed by atoms with Crippen LogP contribution in [0.15, 0.2) is 29.3 Å². The highest BCUT2D eigenvalue weighted by Crippen LogP contribution is 2.61. The maximum atomic E-state index is 13.4. The van der Waals surface area contributed by atoms with Crippen LogP contribution in [0.4, 0.5) is 0 Å². The first-order chi connectivity index (χ1) is 12.5. The molecule has 0 N–H and O–H groups in total. The van der Waals surface area contributed by atoms with E-state index < -0.39 is 18.3 Å². The molecule has 0 bridgehead atoms. The largest absolute Gasteiger partial charge is 0.497 e. The quantitative estimate of drug-likeness (QED) is 0.290. The summed E-state index contributed by atoms with van der Waals surface area (Å²) in [7, 11) is -1.86. The lowest BCUT2D eigenvalue weighted by atomic mass is 9.89. The molecule has 146 valence electrons. The number of methoxy groups -OCH3 is 1. The molecule has 1 aliphatic rings. The minimum absolute atomic E-state index is 0.283. The molecule has 1 saturated carbocycles. The zero-order valence-electron chi connectivity index (χ0n) is 15.8. The van der Waals surface area contributed by atoms with Crippen molar-refractivity contribution in [2.45, 2.75) is 56.6 Å². The van der Waals surface area contributed by atoms with Gasteiger partial charge in [-0.3, -0.25) is 9.56 Å². The minimum Gasteiger partial charge on any atom is -0.497 e. The number of aliphatic imine (C=N–C) groups is 1. The first-order valence-electron chi connectivity index (χ1n) is 9.22. The summed E-state index contributed by atoms with van der Waals surface area (Å²) < 4.78 is 29.7. The van der Waals surface area contributed by atoms with Gasteiger partial charge in [0.2, 0.25) is 0 Å². The van der Waals surface area contributed by atoms with Crippen LogP contribution in [0, 0.1) is 0 Å². The van der Waals surface area contributed by atoms with Crippen molar-refractivity contribution in [1.82, 2.24) is 0 Å². The van der Waals surface area contributed by atoms with E-state index in [1.807, 2.05) is 24.3 Å². The van der Waals surface area contributed by atoms with Gasteiger partial charge in [0.05, 0.1) is 25.2 Å². The highest BCUT2D eigenvalue weighted by atomic mass is 35.5. The van der Waals surface area contributed by atoms with Crippen LogP contribution in [0.5, 0.6) is 5.75 Å². The Balaban J connectivity index is 2.37. The Kier molecular flexibility index (Phi) is 8.15. The van der Waals surface area contributed by atoms with E-state index in [0.29, 0.717) is 0 Å². The van der Waals surface area contributed by atoms with E-state index in [9.17, 15) is 4.57 Å². The molecule has 2 rings (SSSR count). The summed E-state index contributed by atoms with van der Waals surface area (Å²) in [6, 6.07) is 7.31. The first kappa shape index (κ1) is 21.4. The van der Waals surface area contributed by atoms with Crippen LogP contribution in [0.2, 0.25) is 0 Å². The number of benzene rings is 1. The summed E-state index contributed by atoms with van der Waals surface area (Å²) in [6.07, 6.45) is 6.87. The fraction of sp³-hybridized carbons (Fsp3) is 0.632. The maximum absolute atomic E-state index is 13.4. The van der Waals surface area contributed by atoms with Crippen molar-refractivity contribution < 1.29 is 18.3 Å². The third kappa shape index (κ3) is 5.56. The van der Waals surface area contributed by atoms with Gasteiger partial charge in [0.1, 0.15) is 5.75 Å². The van der Waals surface area contributed by atoms with Gasteiger partial charge in [-0.25, -0.2) is 0 Å². The third-order valence-electron chi connectivity index (χ3n) is 4.46. The summed E-state index contributed by atoms with van der Waals surface area (Å²) in [6.45, 7) is 4.16. The number of ether oxygens (including phenoxy) is 1. The summed E-state index contributed by atoms with van der Waals surface area (Å²) in [5.41, 5.74) is 0.753. The van der Waals surface area contributed by atoms with Crippen LogP contribution in [-0.4, -0.2) is 31.4 Å². The lowest BCUT2D eigenvalue weighted by Gasteiger charge is -2.29. The van der Waals surface area contributed by atoms with Gasteiger partial charge >= 0.3 is 7.60 Å². The molecule has 26 heavy (non-hydrogen) atoms. The SMILES string of the molecule is CCOP(=O)(OCC)C(/N=C/C1(Cl)CCCCC1)c1ccc(OC)cc1. The number of halogens is 1. The normalized spacial score (nSPS) is 18.8. The van der Waals surface area contributed by atoms with E-state index in [2.05, 4.69) is 4.99 Å². The van der Waals surface area contributed by atoms with E-state index in [4.69, 9.17) is 25.4 Å². The summed E-state index contributed by atoms with van der Waals surface area (Å²) in [5.74, 6) is -0.0221. The van der Waals surface area contributed by atoms with Crippen molar-refractivity contribution in [1.29, 1.82) is 0 Å². The molecule has 1 aromatic rings. The number of hydrogen-bond donors (Lipinski definition) is 0. The van der Waals surface area contributed by atoms with Gasteiger partial charge < -0.3 is 13.8 Å². The molecule has 0 aromatic heterocycles. The van der Waals surface area contributed by atoms with E-state index in [-0.39, 0.29) is 13.2 Å². The molecule has 1 aromatic carbocycles. The number of alkyl halides is 1. The highest BCUT2D eigenvalue weighted by molar-refractivity contribution is 7.54. The van der Waals surface area contributed by atoms with Gasteiger partial charge in [0, 0.05) is 6.21 Å². The standard InChI is InChI=1S/C19H29ClNO4P/c1-4-24-26(22,25-5-2)18(16-9-11-17(23-3)12-10-16)21-15-19(20)13-7-6-8-14-19/h9-12,15,18H,4-8,13-14H2,1-3H3/b21-15+. The summed E-state index contributed by atoms with van der Waals surface area (Å²) in [5, 5.41) is 0. The van der Waals surface area contributed by atoms with Crippen molar-refractivity contribution in [3.8, 4) is 5.75 Å². The highest BCUT2D eigenvalue weighted by Gasteiger charge is 2.38. The molecule has 0 spiro atoms. The van der Waals surface area contributed by atoms with E-state index >= 15 is 0 Å². The van der Waals surface area contributed by atoms with Gasteiger partial charge in [-0.2, -0.15) is 0 Å². The zero-order valence-corrected chi connectivity index (χ0v) is 17.5. The summed E-state index contributed by atoms with van der Waals surface area (Å²) in [4.78, 5) is 4.16. The molecule has 5 nitrogen and oxygen atoms in total. The predicted molar refractivity (Wildman–Crippen MR) is 107 cm³/mol. The van der Waals surface area contributed by atoms with Crippen LogP contribution < -0.4 is 4.74 Å². The van der Waals surface area contributed by atoms with Gasteiger partial charge in [0.25, 0.3) is 0 Å². The second kappa shape index (κ2) is 9.89. The molecule has 7 heteroatoms. The topological polar surface area (TPSA) is 57.1 Å². The maximum Gasteiger partial charge on any atom is 0.359 e. The molecule has 0 radical (unpaired) electrons. The smallest absolute Gasteiger partial charge is 0.359 e. The molecular formula is C19H29ClNO4P. The van der Waals surface area contributed by atoms with Crippen molar-refractivity contribution in [2.75, 3.05) is 20.3 Å². The van der Waals surface area contributed by atoms with Crippen molar-refractivity contribution >= 4 is 25.4 Å². The average Bonchev–Trinajstić information content (AvgIpc) is 2.63. The minimum atomic E-state index is -3.47. The molecule has 1 fully saturated rings. The Morgan fingerprint density at radius 3 is 2.23 bits per heavy atom. The van der Waals surface area contributed by atoms with Crippen molar-refractivity contribution in [2.24, 2.45) is 4.99 Å². The summed E-state index contributed by atoms with van der Waals surface area (Å²) >= 11 is 6.72. The van der Waals surface area contributed by atoms with E-state index in [0.717, 1.165) is 37.0 Å². The Morgan fingerprint density at radius 2 is 1.73 bits per heavy atom. The molecule has 1 atom stereocenters. The Morgan fingerprint density at radius 1 is 1.15 bits per heavy atom. The van der Waals surface area contributed by atoms with Crippen molar-refractivity contribution in [3.05, 3.63) is 29.8 Å².